The van der Waals surface area contributed by atoms with Gasteiger partial charge in [0.1, 0.15) is 4.90 Å². The first-order valence-corrected chi connectivity index (χ1v) is 7.58. The van der Waals surface area contributed by atoms with Crippen LogP contribution >= 0.6 is 0 Å². The summed E-state index contributed by atoms with van der Waals surface area (Å²) in [4.78, 5) is 11.9. The molecule has 1 aliphatic carbocycles. The third-order valence-electron chi connectivity index (χ3n) is 2.72. The van der Waals surface area contributed by atoms with E-state index < -0.39 is 21.5 Å². The highest BCUT2D eigenvalue weighted by molar-refractivity contribution is 7.89. The predicted octanol–water partition coefficient (Wildman–Crippen LogP) is 0.463. The van der Waals surface area contributed by atoms with E-state index in [9.17, 15) is 13.2 Å². The first kappa shape index (κ1) is 14.0. The molecule has 0 atom stereocenters. The molecule has 2 rings (SSSR count). The van der Waals surface area contributed by atoms with Crippen LogP contribution in [-0.4, -0.2) is 30.1 Å². The standard InChI is InChI=1S/C11H18N4O3S/c1-11(2,3)13-10(16)8-9(19(12,17)18)7(14-15-8)6-4-5-6/h6H,4-5H2,1-3H3,(H,13,16)(H,14,15)(H2,12,17,18). The number of nitrogens with one attached hydrogen (secondary N) is 2. The summed E-state index contributed by atoms with van der Waals surface area (Å²) in [5.74, 6) is -0.434. The van der Waals surface area contributed by atoms with Gasteiger partial charge in [0, 0.05) is 11.5 Å². The van der Waals surface area contributed by atoms with Crippen LogP contribution in [-0.2, 0) is 10.0 Å². The fourth-order valence-electron chi connectivity index (χ4n) is 1.84. The molecular formula is C11H18N4O3S. The molecule has 1 saturated carbocycles. The molecule has 1 aliphatic rings. The van der Waals surface area contributed by atoms with Gasteiger partial charge in [-0.15, -0.1) is 0 Å². The SMILES string of the molecule is CC(C)(C)NC(=O)c1n[nH]c(C2CC2)c1S(N)(=O)=O. The first-order valence-electron chi connectivity index (χ1n) is 6.03. The van der Waals surface area contributed by atoms with Gasteiger partial charge in [0.25, 0.3) is 5.91 Å². The van der Waals surface area contributed by atoms with E-state index in [2.05, 4.69) is 15.5 Å². The Balaban J connectivity index is 2.44. The minimum absolute atomic E-state index is 0.108. The summed E-state index contributed by atoms with van der Waals surface area (Å²) in [5.41, 5.74) is -0.188. The number of primary sulfonamides is 1. The number of nitrogens with zero attached hydrogens (tertiary/aromatic N) is 1. The molecule has 0 saturated heterocycles. The zero-order chi connectivity index (χ0) is 14.4. The van der Waals surface area contributed by atoms with E-state index >= 15 is 0 Å². The van der Waals surface area contributed by atoms with Crippen molar-refractivity contribution < 1.29 is 13.2 Å². The molecule has 1 heterocycles. The van der Waals surface area contributed by atoms with Crippen molar-refractivity contribution in [3.05, 3.63) is 11.4 Å². The Labute approximate surface area is 112 Å². The van der Waals surface area contributed by atoms with Crippen molar-refractivity contribution >= 4 is 15.9 Å². The van der Waals surface area contributed by atoms with Gasteiger partial charge < -0.3 is 5.32 Å². The minimum Gasteiger partial charge on any atom is -0.346 e. The van der Waals surface area contributed by atoms with Gasteiger partial charge >= 0.3 is 0 Å². The summed E-state index contributed by atoms with van der Waals surface area (Å²) >= 11 is 0. The summed E-state index contributed by atoms with van der Waals surface area (Å²) in [6.07, 6.45) is 1.76. The summed E-state index contributed by atoms with van der Waals surface area (Å²) in [6.45, 7) is 5.40. The van der Waals surface area contributed by atoms with E-state index in [1.54, 1.807) is 20.8 Å². The van der Waals surface area contributed by atoms with Crippen LogP contribution in [0, 0.1) is 0 Å². The summed E-state index contributed by atoms with van der Waals surface area (Å²) in [7, 11) is -3.98. The van der Waals surface area contributed by atoms with Crippen LogP contribution in [0.5, 0.6) is 0 Å². The molecular weight excluding hydrogens is 268 g/mol. The molecule has 7 nitrogen and oxygen atoms in total. The van der Waals surface area contributed by atoms with Crippen molar-refractivity contribution in [1.29, 1.82) is 0 Å². The molecule has 106 valence electrons. The Hall–Kier alpha value is -1.41. The number of H-pyrrole nitrogens is 1. The van der Waals surface area contributed by atoms with Gasteiger partial charge in [0.15, 0.2) is 5.69 Å². The lowest BCUT2D eigenvalue weighted by Crippen LogP contribution is -2.41. The topological polar surface area (TPSA) is 118 Å². The van der Waals surface area contributed by atoms with Crippen LogP contribution in [0.3, 0.4) is 0 Å². The van der Waals surface area contributed by atoms with E-state index in [1.165, 1.54) is 0 Å². The smallest absolute Gasteiger partial charge is 0.273 e. The molecule has 0 aliphatic heterocycles. The van der Waals surface area contributed by atoms with Crippen molar-refractivity contribution in [3.8, 4) is 0 Å². The predicted molar refractivity (Wildman–Crippen MR) is 69.2 cm³/mol. The summed E-state index contributed by atoms with van der Waals surface area (Å²) < 4.78 is 23.4. The van der Waals surface area contributed by atoms with Crippen molar-refractivity contribution in [2.75, 3.05) is 0 Å². The molecule has 1 fully saturated rings. The summed E-state index contributed by atoms with van der Waals surface area (Å²) in [5, 5.41) is 14.4. The Morgan fingerprint density at radius 1 is 1.42 bits per heavy atom. The number of nitrogens with two attached hydrogens (primary N) is 1. The second-order valence-corrected chi connectivity index (χ2v) is 7.34. The number of amides is 1. The average molecular weight is 286 g/mol. The van der Waals surface area contributed by atoms with Gasteiger partial charge in [0.05, 0.1) is 5.69 Å². The highest BCUT2D eigenvalue weighted by Gasteiger charge is 2.36. The van der Waals surface area contributed by atoms with Crippen LogP contribution in [0.25, 0.3) is 0 Å². The molecule has 8 heteroatoms. The molecule has 4 N–H and O–H groups in total. The number of carbonyl (C=O) groups excluding carboxylic acids is 1. The lowest BCUT2D eigenvalue weighted by molar-refractivity contribution is 0.0911. The zero-order valence-electron chi connectivity index (χ0n) is 11.1. The van der Waals surface area contributed by atoms with Crippen LogP contribution < -0.4 is 10.5 Å². The Morgan fingerprint density at radius 3 is 2.42 bits per heavy atom. The quantitative estimate of drug-likeness (QED) is 0.748. The van der Waals surface area contributed by atoms with E-state index in [0.29, 0.717) is 5.69 Å². The van der Waals surface area contributed by atoms with Gasteiger partial charge in [-0.2, -0.15) is 5.10 Å². The van der Waals surface area contributed by atoms with Crippen molar-refractivity contribution in [1.82, 2.24) is 15.5 Å². The lowest BCUT2D eigenvalue weighted by Gasteiger charge is -2.19. The van der Waals surface area contributed by atoms with Gasteiger partial charge in [-0.3, -0.25) is 9.89 Å². The highest BCUT2D eigenvalue weighted by Crippen LogP contribution is 2.42. The first-order chi connectivity index (χ1) is 8.59. The fraction of sp³-hybridized carbons (Fsp3) is 0.636. The van der Waals surface area contributed by atoms with E-state index in [-0.39, 0.29) is 16.5 Å². The Morgan fingerprint density at radius 2 is 2.00 bits per heavy atom. The second-order valence-electron chi connectivity index (χ2n) is 5.84. The van der Waals surface area contributed by atoms with E-state index in [1.807, 2.05) is 0 Å². The number of rotatable bonds is 3. The maximum Gasteiger partial charge on any atom is 0.273 e. The number of hydrogen-bond donors (Lipinski definition) is 3. The number of aromatic nitrogens is 2. The zero-order valence-corrected chi connectivity index (χ0v) is 12.0. The monoisotopic (exact) mass is 286 g/mol. The lowest BCUT2D eigenvalue weighted by atomic mass is 10.1. The minimum atomic E-state index is -3.98. The molecule has 1 amide bonds. The number of aromatic amines is 1. The number of hydrogen-bond acceptors (Lipinski definition) is 4. The number of carbonyl (C=O) groups is 1. The molecule has 1 aromatic heterocycles. The van der Waals surface area contributed by atoms with Crippen LogP contribution in [0.2, 0.25) is 0 Å². The second kappa shape index (κ2) is 4.31. The third kappa shape index (κ3) is 3.13. The highest BCUT2D eigenvalue weighted by atomic mass is 32.2. The third-order valence-corrected chi connectivity index (χ3v) is 3.70. The van der Waals surface area contributed by atoms with Gasteiger partial charge in [-0.25, -0.2) is 13.6 Å². The van der Waals surface area contributed by atoms with Crippen molar-refractivity contribution in [2.24, 2.45) is 5.14 Å². The van der Waals surface area contributed by atoms with Gasteiger partial charge in [0.2, 0.25) is 10.0 Å². The molecule has 1 aromatic rings. The van der Waals surface area contributed by atoms with Crippen molar-refractivity contribution in [2.45, 2.75) is 50.0 Å². The Bertz CT molecular complexity index is 608. The summed E-state index contributed by atoms with van der Waals surface area (Å²) in [6, 6.07) is 0. The van der Waals surface area contributed by atoms with Crippen LogP contribution in [0.1, 0.15) is 55.7 Å². The molecule has 0 unspecified atom stereocenters. The largest absolute Gasteiger partial charge is 0.346 e. The Kier molecular flexibility index (Phi) is 3.18. The van der Waals surface area contributed by atoms with E-state index in [0.717, 1.165) is 12.8 Å². The van der Waals surface area contributed by atoms with Gasteiger partial charge in [-0.05, 0) is 33.6 Å². The number of sulfonamides is 1. The normalized spacial score (nSPS) is 16.4. The van der Waals surface area contributed by atoms with Crippen molar-refractivity contribution in [3.63, 3.8) is 0 Å². The maximum absolute atomic E-state index is 12.1. The van der Waals surface area contributed by atoms with Crippen LogP contribution in [0.15, 0.2) is 4.90 Å². The molecule has 0 radical (unpaired) electrons. The maximum atomic E-state index is 12.1. The van der Waals surface area contributed by atoms with Crippen LogP contribution in [0.4, 0.5) is 0 Å². The average Bonchev–Trinajstić information content (AvgIpc) is 2.92. The van der Waals surface area contributed by atoms with Gasteiger partial charge in [-0.1, -0.05) is 0 Å². The molecule has 0 spiro atoms. The molecule has 19 heavy (non-hydrogen) atoms. The molecule has 0 bridgehead atoms. The molecule has 0 aromatic carbocycles. The van der Waals surface area contributed by atoms with E-state index in [4.69, 9.17) is 5.14 Å². The fourth-order valence-corrected chi connectivity index (χ4v) is 2.76.